The standard InChI is InChI=1S/C17H28N2OS/c1-14(2)17-12-18-16(15-8-5-4-6-9-15)13-19(17)10-7-11-21(3)20/h4-6,8-9,14,16-18H,7,10-13H2,1-3H3. The van der Waals surface area contributed by atoms with E-state index in [1.807, 2.05) is 0 Å². The summed E-state index contributed by atoms with van der Waals surface area (Å²) in [5.74, 6) is 1.45. The monoisotopic (exact) mass is 308 g/mol. The number of piperazine rings is 1. The Morgan fingerprint density at radius 3 is 2.67 bits per heavy atom. The molecule has 1 saturated heterocycles. The Morgan fingerprint density at radius 1 is 1.33 bits per heavy atom. The van der Waals surface area contributed by atoms with E-state index in [4.69, 9.17) is 0 Å². The first kappa shape index (κ1) is 16.7. The zero-order valence-corrected chi connectivity index (χ0v) is 14.2. The number of rotatable bonds is 6. The summed E-state index contributed by atoms with van der Waals surface area (Å²) < 4.78 is 11.3. The zero-order chi connectivity index (χ0) is 15.2. The molecule has 1 N–H and O–H groups in total. The average molecular weight is 308 g/mol. The second-order valence-electron chi connectivity index (χ2n) is 6.31. The second kappa shape index (κ2) is 8.06. The lowest BCUT2D eigenvalue weighted by atomic mass is 9.95. The number of nitrogens with zero attached hydrogens (tertiary/aromatic N) is 1. The molecule has 1 heterocycles. The molecule has 0 radical (unpaired) electrons. The smallest absolute Gasteiger partial charge is 0.0449 e. The largest absolute Gasteiger partial charge is 0.307 e. The maximum absolute atomic E-state index is 11.3. The van der Waals surface area contributed by atoms with Gasteiger partial charge in [0, 0.05) is 48.0 Å². The second-order valence-corrected chi connectivity index (χ2v) is 7.86. The fourth-order valence-corrected chi connectivity index (χ4v) is 3.66. The van der Waals surface area contributed by atoms with Gasteiger partial charge in [0.1, 0.15) is 0 Å². The predicted molar refractivity (Wildman–Crippen MR) is 90.9 cm³/mol. The number of hydrogen-bond acceptors (Lipinski definition) is 3. The van der Waals surface area contributed by atoms with Gasteiger partial charge >= 0.3 is 0 Å². The summed E-state index contributed by atoms with van der Waals surface area (Å²) >= 11 is 0. The predicted octanol–water partition coefficient (Wildman–Crippen LogP) is 2.43. The Labute approximate surface area is 131 Å². The fourth-order valence-electron chi connectivity index (χ4n) is 3.12. The SMILES string of the molecule is CC(C)C1CNC(c2ccccc2)CN1CCCS(C)=O. The van der Waals surface area contributed by atoms with Crippen LogP contribution in [-0.2, 0) is 10.8 Å². The topological polar surface area (TPSA) is 32.3 Å². The van der Waals surface area contributed by atoms with Gasteiger partial charge in [-0.25, -0.2) is 0 Å². The van der Waals surface area contributed by atoms with Crippen LogP contribution in [0.1, 0.15) is 31.9 Å². The minimum Gasteiger partial charge on any atom is -0.307 e. The maximum Gasteiger partial charge on any atom is 0.0449 e. The molecule has 4 heteroatoms. The number of benzene rings is 1. The van der Waals surface area contributed by atoms with E-state index in [0.717, 1.165) is 31.8 Å². The summed E-state index contributed by atoms with van der Waals surface area (Å²) in [5, 5.41) is 3.69. The van der Waals surface area contributed by atoms with E-state index < -0.39 is 10.8 Å². The minimum absolute atomic E-state index is 0.410. The summed E-state index contributed by atoms with van der Waals surface area (Å²) in [5.41, 5.74) is 1.36. The molecule has 0 aromatic heterocycles. The van der Waals surface area contributed by atoms with Crippen LogP contribution in [0.2, 0.25) is 0 Å². The van der Waals surface area contributed by atoms with E-state index in [9.17, 15) is 4.21 Å². The van der Waals surface area contributed by atoms with Gasteiger partial charge in [0.15, 0.2) is 0 Å². The van der Waals surface area contributed by atoms with Crippen LogP contribution in [0.25, 0.3) is 0 Å². The highest BCUT2D eigenvalue weighted by molar-refractivity contribution is 7.84. The Hall–Kier alpha value is -0.710. The van der Waals surface area contributed by atoms with Crippen LogP contribution in [0.3, 0.4) is 0 Å². The van der Waals surface area contributed by atoms with Crippen molar-refractivity contribution in [3.8, 4) is 0 Å². The normalized spacial score (nSPS) is 25.1. The molecule has 0 bridgehead atoms. The third-order valence-electron chi connectivity index (χ3n) is 4.31. The van der Waals surface area contributed by atoms with Gasteiger partial charge in [0.25, 0.3) is 0 Å². The summed E-state index contributed by atoms with van der Waals surface area (Å²) in [6, 6.07) is 11.7. The lowest BCUT2D eigenvalue weighted by molar-refractivity contribution is 0.0988. The van der Waals surface area contributed by atoms with Crippen molar-refractivity contribution in [1.29, 1.82) is 0 Å². The Kier molecular flexibility index (Phi) is 6.40. The van der Waals surface area contributed by atoms with Crippen molar-refractivity contribution >= 4 is 10.8 Å². The van der Waals surface area contributed by atoms with E-state index in [1.54, 1.807) is 6.26 Å². The molecule has 3 nitrogen and oxygen atoms in total. The van der Waals surface area contributed by atoms with Crippen molar-refractivity contribution in [2.24, 2.45) is 5.92 Å². The molecule has 1 aromatic carbocycles. The van der Waals surface area contributed by atoms with Gasteiger partial charge in [0.05, 0.1) is 0 Å². The van der Waals surface area contributed by atoms with Crippen molar-refractivity contribution in [3.05, 3.63) is 35.9 Å². The lowest BCUT2D eigenvalue weighted by Gasteiger charge is -2.42. The minimum atomic E-state index is -0.679. The van der Waals surface area contributed by atoms with E-state index in [0.29, 0.717) is 18.0 Å². The maximum atomic E-state index is 11.3. The van der Waals surface area contributed by atoms with Crippen LogP contribution in [-0.4, -0.2) is 46.8 Å². The molecule has 1 aliphatic rings. The summed E-state index contributed by atoms with van der Waals surface area (Å²) in [6.07, 6.45) is 2.82. The first-order valence-electron chi connectivity index (χ1n) is 7.90. The summed E-state index contributed by atoms with van der Waals surface area (Å²) in [4.78, 5) is 2.59. The van der Waals surface area contributed by atoms with Gasteiger partial charge in [-0.05, 0) is 24.4 Å². The van der Waals surface area contributed by atoms with Gasteiger partial charge in [-0.1, -0.05) is 44.2 Å². The quantitative estimate of drug-likeness (QED) is 0.876. The number of hydrogen-bond donors (Lipinski definition) is 1. The third kappa shape index (κ3) is 4.90. The average Bonchev–Trinajstić information content (AvgIpc) is 2.47. The van der Waals surface area contributed by atoms with Crippen LogP contribution in [0.15, 0.2) is 30.3 Å². The van der Waals surface area contributed by atoms with Crippen LogP contribution in [0.4, 0.5) is 0 Å². The van der Waals surface area contributed by atoms with Crippen molar-refractivity contribution < 1.29 is 4.21 Å². The van der Waals surface area contributed by atoms with Crippen LogP contribution in [0, 0.1) is 5.92 Å². The van der Waals surface area contributed by atoms with Gasteiger partial charge in [-0.2, -0.15) is 0 Å². The molecular weight excluding hydrogens is 280 g/mol. The summed E-state index contributed by atoms with van der Waals surface area (Å²) in [6.45, 7) is 7.71. The van der Waals surface area contributed by atoms with Gasteiger partial charge in [-0.15, -0.1) is 0 Å². The highest BCUT2D eigenvalue weighted by Crippen LogP contribution is 2.23. The highest BCUT2D eigenvalue weighted by Gasteiger charge is 2.29. The number of nitrogens with one attached hydrogen (secondary N) is 1. The lowest BCUT2D eigenvalue weighted by Crippen LogP contribution is -2.55. The Morgan fingerprint density at radius 2 is 2.05 bits per heavy atom. The van der Waals surface area contributed by atoms with E-state index in [2.05, 4.69) is 54.4 Å². The van der Waals surface area contributed by atoms with E-state index in [1.165, 1.54) is 5.56 Å². The van der Waals surface area contributed by atoms with Crippen molar-refractivity contribution in [1.82, 2.24) is 10.2 Å². The molecule has 0 saturated carbocycles. The first-order valence-corrected chi connectivity index (χ1v) is 9.63. The Bertz CT molecular complexity index is 449. The molecule has 2 rings (SSSR count). The molecule has 3 unspecified atom stereocenters. The third-order valence-corrected chi connectivity index (χ3v) is 5.17. The molecule has 3 atom stereocenters. The molecule has 0 spiro atoms. The molecular formula is C17H28N2OS. The van der Waals surface area contributed by atoms with Crippen molar-refractivity contribution in [2.75, 3.05) is 31.6 Å². The van der Waals surface area contributed by atoms with E-state index in [-0.39, 0.29) is 0 Å². The van der Waals surface area contributed by atoms with Crippen molar-refractivity contribution in [2.45, 2.75) is 32.4 Å². The molecule has 118 valence electrons. The Balaban J connectivity index is 1.99. The van der Waals surface area contributed by atoms with Crippen LogP contribution < -0.4 is 5.32 Å². The first-order chi connectivity index (χ1) is 10.1. The zero-order valence-electron chi connectivity index (χ0n) is 13.4. The molecule has 0 aliphatic carbocycles. The highest BCUT2D eigenvalue weighted by atomic mass is 32.2. The summed E-state index contributed by atoms with van der Waals surface area (Å²) in [7, 11) is -0.679. The molecule has 1 aliphatic heterocycles. The van der Waals surface area contributed by atoms with Gasteiger partial charge in [-0.3, -0.25) is 9.11 Å². The van der Waals surface area contributed by atoms with Crippen molar-refractivity contribution in [3.63, 3.8) is 0 Å². The fraction of sp³-hybridized carbons (Fsp3) is 0.647. The van der Waals surface area contributed by atoms with Gasteiger partial charge in [0.2, 0.25) is 0 Å². The van der Waals surface area contributed by atoms with Gasteiger partial charge < -0.3 is 5.32 Å². The van der Waals surface area contributed by atoms with Crippen LogP contribution >= 0.6 is 0 Å². The molecule has 1 aromatic rings. The molecule has 1 fully saturated rings. The van der Waals surface area contributed by atoms with Crippen LogP contribution in [0.5, 0.6) is 0 Å². The van der Waals surface area contributed by atoms with E-state index >= 15 is 0 Å². The molecule has 21 heavy (non-hydrogen) atoms. The molecule has 0 amide bonds.